The minimum absolute atomic E-state index is 0.0337. The molecule has 33 heavy (non-hydrogen) atoms. The van der Waals surface area contributed by atoms with E-state index in [1.54, 1.807) is 31.0 Å². The van der Waals surface area contributed by atoms with Crippen LogP contribution in [0, 0.1) is 24.6 Å². The van der Waals surface area contributed by atoms with E-state index in [0.29, 0.717) is 61.2 Å². The molecule has 1 aromatic carbocycles. The Morgan fingerprint density at radius 1 is 1.27 bits per heavy atom. The number of amides is 1. The molecule has 3 aromatic rings. The lowest BCUT2D eigenvalue weighted by atomic mass is 9.89. The van der Waals surface area contributed by atoms with E-state index < -0.39 is 5.82 Å². The average Bonchev–Trinajstić information content (AvgIpc) is 3.20. The van der Waals surface area contributed by atoms with Crippen LogP contribution in [0.15, 0.2) is 29.3 Å². The van der Waals surface area contributed by atoms with Crippen molar-refractivity contribution in [3.8, 4) is 0 Å². The summed E-state index contributed by atoms with van der Waals surface area (Å²) in [6.07, 6.45) is 5.36. The Morgan fingerprint density at radius 3 is 2.67 bits per heavy atom. The van der Waals surface area contributed by atoms with Gasteiger partial charge < -0.3 is 9.88 Å². The molecule has 0 spiro atoms. The van der Waals surface area contributed by atoms with E-state index in [1.165, 1.54) is 12.1 Å². The fourth-order valence-electron chi connectivity index (χ4n) is 4.52. The number of fused-ring (bicyclic) bond motifs is 1. The molecule has 1 aliphatic heterocycles. The molecular weight excluding hydrogens is 425 g/mol. The zero-order valence-corrected chi connectivity index (χ0v) is 19.1. The number of carbonyl (C=O) groups is 2. The molecule has 0 radical (unpaired) electrons. The molecule has 9 heteroatoms. The van der Waals surface area contributed by atoms with E-state index in [2.05, 4.69) is 15.1 Å². The van der Waals surface area contributed by atoms with Gasteiger partial charge in [0.2, 0.25) is 5.91 Å². The topological polar surface area (TPSA) is 101 Å². The number of carbonyl (C=O) groups excluding carboxylic acids is 2. The van der Waals surface area contributed by atoms with E-state index >= 15 is 0 Å². The van der Waals surface area contributed by atoms with Gasteiger partial charge in [-0.3, -0.25) is 19.1 Å². The molecule has 1 aliphatic rings. The number of aromatic amines is 1. The van der Waals surface area contributed by atoms with Gasteiger partial charge in [-0.1, -0.05) is 6.92 Å². The van der Waals surface area contributed by atoms with Crippen LogP contribution in [-0.4, -0.2) is 49.4 Å². The molecular formula is C24H28FN5O3. The maximum absolute atomic E-state index is 13.6. The molecule has 1 N–H and O–H groups in total. The first kappa shape index (κ1) is 22.8. The van der Waals surface area contributed by atoms with Gasteiger partial charge in [-0.15, -0.1) is 0 Å². The predicted octanol–water partition coefficient (Wildman–Crippen LogP) is 2.79. The molecule has 1 amide bonds. The van der Waals surface area contributed by atoms with Crippen LogP contribution >= 0.6 is 0 Å². The summed E-state index contributed by atoms with van der Waals surface area (Å²) >= 11 is 0. The number of nitrogens with zero attached hydrogens (tertiary/aromatic N) is 4. The van der Waals surface area contributed by atoms with Crippen molar-refractivity contribution in [1.29, 1.82) is 0 Å². The first-order valence-corrected chi connectivity index (χ1v) is 11.2. The lowest BCUT2D eigenvalue weighted by Crippen LogP contribution is -2.40. The molecule has 0 bridgehead atoms. The van der Waals surface area contributed by atoms with Crippen molar-refractivity contribution >= 4 is 22.6 Å². The minimum atomic E-state index is -0.468. The largest absolute Gasteiger partial charge is 0.343 e. The van der Waals surface area contributed by atoms with E-state index in [9.17, 15) is 18.8 Å². The van der Waals surface area contributed by atoms with Gasteiger partial charge in [-0.25, -0.2) is 9.37 Å². The van der Waals surface area contributed by atoms with E-state index in [-0.39, 0.29) is 34.5 Å². The summed E-state index contributed by atoms with van der Waals surface area (Å²) in [5, 5.41) is 4.29. The number of rotatable bonds is 6. The predicted molar refractivity (Wildman–Crippen MR) is 121 cm³/mol. The van der Waals surface area contributed by atoms with Gasteiger partial charge in [0.15, 0.2) is 5.78 Å². The smallest absolute Gasteiger partial charge is 0.258 e. The van der Waals surface area contributed by atoms with Crippen LogP contribution in [0.4, 0.5) is 4.39 Å². The van der Waals surface area contributed by atoms with Crippen LogP contribution in [0.5, 0.6) is 0 Å². The third-order valence-electron chi connectivity index (χ3n) is 6.29. The monoisotopic (exact) mass is 453 g/mol. The molecule has 0 saturated carbocycles. The van der Waals surface area contributed by atoms with Gasteiger partial charge in [0.05, 0.1) is 22.7 Å². The molecule has 0 unspecified atom stereocenters. The molecule has 8 nitrogen and oxygen atoms in total. The van der Waals surface area contributed by atoms with Crippen molar-refractivity contribution in [3.05, 3.63) is 57.6 Å². The molecule has 0 aliphatic carbocycles. The summed E-state index contributed by atoms with van der Waals surface area (Å²) in [5.74, 6) is 0.0265. The number of hydrogen-bond donors (Lipinski definition) is 1. The lowest BCUT2D eigenvalue weighted by molar-refractivity contribution is -0.133. The Hall–Kier alpha value is -3.36. The number of aryl methyl sites for hydroxylation is 2. The van der Waals surface area contributed by atoms with Crippen LogP contribution < -0.4 is 5.56 Å². The Balaban J connectivity index is 1.34. The quantitative estimate of drug-likeness (QED) is 0.579. The Kier molecular flexibility index (Phi) is 6.40. The van der Waals surface area contributed by atoms with Crippen LogP contribution in [0.3, 0.4) is 0 Å². The van der Waals surface area contributed by atoms with Gasteiger partial charge in [-0.2, -0.15) is 5.10 Å². The van der Waals surface area contributed by atoms with Crippen LogP contribution in [0.1, 0.15) is 47.9 Å². The number of hydrogen-bond acceptors (Lipinski definition) is 5. The third-order valence-corrected chi connectivity index (χ3v) is 6.29. The van der Waals surface area contributed by atoms with E-state index in [1.807, 2.05) is 11.8 Å². The zero-order valence-electron chi connectivity index (χ0n) is 19.1. The number of Topliss-reactive ketones (excluding diaryl/α,β-unsaturated/α-hetero) is 1. The minimum Gasteiger partial charge on any atom is -0.343 e. The van der Waals surface area contributed by atoms with E-state index in [4.69, 9.17) is 0 Å². The summed E-state index contributed by atoms with van der Waals surface area (Å²) in [6, 6.07) is 2.54. The van der Waals surface area contributed by atoms with Crippen LogP contribution in [-0.2, 0) is 18.3 Å². The van der Waals surface area contributed by atoms with Crippen molar-refractivity contribution in [3.63, 3.8) is 0 Å². The number of ketones is 1. The maximum atomic E-state index is 13.6. The highest BCUT2D eigenvalue weighted by Crippen LogP contribution is 2.23. The second-order valence-electron chi connectivity index (χ2n) is 9.07. The van der Waals surface area contributed by atoms with Gasteiger partial charge in [0, 0.05) is 45.1 Å². The Morgan fingerprint density at radius 2 is 2.00 bits per heavy atom. The highest BCUT2D eigenvalue weighted by Gasteiger charge is 2.29. The SMILES string of the molecule is Cc1cc(F)cc2c(=O)[nH]c(C[C@H](C)CC(=O)N3CCC(C(=O)c4cnn(C)c4)CC3)nc12. The van der Waals surface area contributed by atoms with Crippen molar-refractivity contribution in [2.75, 3.05) is 13.1 Å². The molecule has 1 saturated heterocycles. The average molecular weight is 454 g/mol. The normalized spacial score (nSPS) is 15.7. The highest BCUT2D eigenvalue weighted by atomic mass is 19.1. The second kappa shape index (κ2) is 9.25. The summed E-state index contributed by atoms with van der Waals surface area (Å²) < 4.78 is 15.2. The number of likely N-dealkylation sites (tertiary alicyclic amines) is 1. The Labute approximate surface area is 190 Å². The molecule has 3 heterocycles. The fourth-order valence-corrected chi connectivity index (χ4v) is 4.52. The number of piperidine rings is 1. The Bertz CT molecular complexity index is 1260. The van der Waals surface area contributed by atoms with Crippen LogP contribution in [0.25, 0.3) is 10.9 Å². The van der Waals surface area contributed by atoms with E-state index in [0.717, 1.165) is 0 Å². The van der Waals surface area contributed by atoms with Crippen molar-refractivity contribution < 1.29 is 14.0 Å². The van der Waals surface area contributed by atoms with Gasteiger partial charge in [0.1, 0.15) is 11.6 Å². The second-order valence-corrected chi connectivity index (χ2v) is 9.07. The number of aromatic nitrogens is 4. The molecule has 4 rings (SSSR count). The van der Waals surface area contributed by atoms with Crippen molar-refractivity contribution in [2.24, 2.45) is 18.9 Å². The maximum Gasteiger partial charge on any atom is 0.258 e. The molecule has 1 fully saturated rings. The van der Waals surface area contributed by atoms with Gasteiger partial charge in [-0.05, 0) is 43.4 Å². The summed E-state index contributed by atoms with van der Waals surface area (Å²) in [7, 11) is 1.78. The molecule has 174 valence electrons. The summed E-state index contributed by atoms with van der Waals surface area (Å²) in [6.45, 7) is 4.77. The van der Waals surface area contributed by atoms with Gasteiger partial charge in [0.25, 0.3) is 5.56 Å². The lowest BCUT2D eigenvalue weighted by Gasteiger charge is -2.32. The molecule has 2 aromatic heterocycles. The standard InChI is InChI=1S/C24H28FN5O3/c1-14(8-20-27-22-15(2)10-18(25)11-19(22)24(33)28-20)9-21(31)30-6-4-16(5-7-30)23(32)17-12-26-29(3)13-17/h10-14,16H,4-9H2,1-3H3,(H,27,28,33)/t14-/m0/s1. The number of H-pyrrole nitrogens is 1. The molecule has 1 atom stereocenters. The number of benzene rings is 1. The van der Waals surface area contributed by atoms with Crippen molar-refractivity contribution in [2.45, 2.75) is 39.5 Å². The fraction of sp³-hybridized carbons (Fsp3) is 0.458. The number of halogens is 1. The first-order chi connectivity index (χ1) is 15.7. The van der Waals surface area contributed by atoms with Crippen molar-refractivity contribution in [1.82, 2.24) is 24.6 Å². The van der Waals surface area contributed by atoms with Gasteiger partial charge >= 0.3 is 0 Å². The summed E-state index contributed by atoms with van der Waals surface area (Å²) in [4.78, 5) is 46.8. The third kappa shape index (κ3) is 5.02. The zero-order chi connectivity index (χ0) is 23.7. The number of nitrogens with one attached hydrogen (secondary N) is 1. The van der Waals surface area contributed by atoms with Crippen LogP contribution in [0.2, 0.25) is 0 Å². The highest BCUT2D eigenvalue weighted by molar-refractivity contribution is 5.97. The summed E-state index contributed by atoms with van der Waals surface area (Å²) in [5.41, 5.74) is 1.32. The first-order valence-electron chi connectivity index (χ1n) is 11.2.